The summed E-state index contributed by atoms with van der Waals surface area (Å²) in [7, 11) is 0. The number of fused-ring (bicyclic) bond motifs is 2. The van der Waals surface area contributed by atoms with E-state index in [-0.39, 0.29) is 81.1 Å². The van der Waals surface area contributed by atoms with Crippen molar-refractivity contribution in [3.63, 3.8) is 0 Å². The van der Waals surface area contributed by atoms with Crippen molar-refractivity contribution in [1.82, 2.24) is 4.90 Å². The number of unbranched alkanes of at least 4 members (excludes halogenated alkanes) is 2. The monoisotopic (exact) mass is 835 g/mol. The summed E-state index contributed by atoms with van der Waals surface area (Å²) in [6, 6.07) is 15.8. The van der Waals surface area contributed by atoms with Gasteiger partial charge in [0, 0.05) is 49.8 Å². The van der Waals surface area contributed by atoms with Crippen LogP contribution in [0.15, 0.2) is 96.2 Å². The van der Waals surface area contributed by atoms with Crippen LogP contribution in [0.25, 0.3) is 0 Å². The van der Waals surface area contributed by atoms with E-state index in [1.807, 2.05) is 0 Å². The molecule has 0 aromatic heterocycles. The molecule has 6 atom stereocenters. The third-order valence-electron chi connectivity index (χ3n) is 11.4. The normalized spacial score (nSPS) is 23.6. The maximum absolute atomic E-state index is 14.3. The summed E-state index contributed by atoms with van der Waals surface area (Å²) in [5.74, 6) is -2.62. The van der Waals surface area contributed by atoms with E-state index < -0.39 is 34.6 Å². The number of hydrogen-bond donors (Lipinski definition) is 3. The molecule has 0 spiro atoms. The number of oxime groups is 1. The van der Waals surface area contributed by atoms with Gasteiger partial charge in [0.05, 0.1) is 29.0 Å². The molecule has 6 rings (SSSR count). The minimum Gasteiger partial charge on any atom is -0.508 e. The van der Waals surface area contributed by atoms with Gasteiger partial charge in [-0.25, -0.2) is 9.18 Å². The number of phenols is 1. The number of nitro groups is 1. The highest BCUT2D eigenvalue weighted by Crippen LogP contribution is 2.62. The Kier molecular flexibility index (Phi) is 15.0. The zero-order valence-corrected chi connectivity index (χ0v) is 33.6. The number of carbonyl (C=O) groups excluding carboxylic acids is 1. The minimum absolute atomic E-state index is 0.0143. The van der Waals surface area contributed by atoms with Gasteiger partial charge >= 0.3 is 6.09 Å². The van der Waals surface area contributed by atoms with Crippen molar-refractivity contribution in [3.05, 3.63) is 124 Å². The van der Waals surface area contributed by atoms with E-state index in [1.165, 1.54) is 29.2 Å². The van der Waals surface area contributed by atoms with Gasteiger partial charge in [0.25, 0.3) is 5.69 Å². The van der Waals surface area contributed by atoms with Crippen LogP contribution in [0.2, 0.25) is 0 Å². The van der Waals surface area contributed by atoms with E-state index in [2.05, 4.69) is 12.7 Å². The van der Waals surface area contributed by atoms with Crippen molar-refractivity contribution in [2.75, 3.05) is 32.3 Å². The van der Waals surface area contributed by atoms with Crippen LogP contribution in [0.1, 0.15) is 67.6 Å². The molecule has 1 fully saturated rings. The molecule has 1 aliphatic heterocycles. The lowest BCUT2D eigenvalue weighted by Gasteiger charge is -2.59. The van der Waals surface area contributed by atoms with Crippen molar-refractivity contribution in [3.8, 4) is 11.5 Å². The Balaban J connectivity index is 1.57. The van der Waals surface area contributed by atoms with Gasteiger partial charge in [-0.15, -0.1) is 18.2 Å². The zero-order chi connectivity index (χ0) is 41.9. The van der Waals surface area contributed by atoms with Crippen LogP contribution in [-0.2, 0) is 27.5 Å². The molecule has 15 heteroatoms. The lowest BCUT2D eigenvalue weighted by Crippen LogP contribution is -2.70. The van der Waals surface area contributed by atoms with Crippen molar-refractivity contribution in [2.45, 2.75) is 75.8 Å². The summed E-state index contributed by atoms with van der Waals surface area (Å²) in [6.07, 6.45) is 7.20. The molecule has 3 N–H and O–H groups in total. The molecular weight excluding hydrogens is 785 g/mol. The minimum atomic E-state index is -1.60. The number of aliphatic hydroxyl groups is 2. The van der Waals surface area contributed by atoms with Gasteiger partial charge in [0.15, 0.2) is 0 Å². The third kappa shape index (κ3) is 9.89. The third-order valence-corrected chi connectivity index (χ3v) is 11.5. The van der Waals surface area contributed by atoms with Crippen LogP contribution in [0.5, 0.6) is 11.5 Å². The number of halogens is 2. The van der Waals surface area contributed by atoms with Crippen LogP contribution < -0.4 is 4.74 Å². The van der Waals surface area contributed by atoms with Gasteiger partial charge < -0.3 is 34.4 Å². The standard InChI is InChI=1S/C44H51ClFN3O10/c1-2-22-57-44-40(48(43(53)56-23-19-45)27-29-9-13-32(46)14-10-29)26-38(47-58-28-30-11-15-33(16-12-30)49(54)55)36-24-31(7-3-5-20-50)35(8-4-6-21-51)41(42(36)44)37-25-34(52)17-18-39(37)59-44/h2,9-18,24-25,31,35,40-42,50-52H,1,3-8,19-23,26-28H2/t31-,35+,40-,41+,42+,44+/m0/s1. The van der Waals surface area contributed by atoms with Crippen molar-refractivity contribution in [1.29, 1.82) is 0 Å². The largest absolute Gasteiger partial charge is 0.508 e. The number of benzene rings is 3. The molecule has 1 amide bonds. The molecule has 0 radical (unpaired) electrons. The van der Waals surface area contributed by atoms with Gasteiger partial charge in [-0.05, 0) is 96.7 Å². The highest BCUT2D eigenvalue weighted by molar-refractivity contribution is 6.18. The summed E-state index contributed by atoms with van der Waals surface area (Å²) in [5, 5.41) is 46.6. The van der Waals surface area contributed by atoms with E-state index in [1.54, 1.807) is 48.5 Å². The molecule has 0 unspecified atom stereocenters. The molecule has 13 nitrogen and oxygen atoms in total. The maximum atomic E-state index is 14.3. The number of aliphatic hydroxyl groups excluding tert-OH is 2. The van der Waals surface area contributed by atoms with Crippen LogP contribution in [-0.4, -0.2) is 81.1 Å². The molecule has 1 heterocycles. The van der Waals surface area contributed by atoms with Crippen molar-refractivity contribution in [2.24, 2.45) is 22.9 Å². The van der Waals surface area contributed by atoms with Crippen LogP contribution >= 0.6 is 11.6 Å². The predicted octanol–water partition coefficient (Wildman–Crippen LogP) is 8.15. The Labute approximate surface area is 347 Å². The molecule has 2 aliphatic carbocycles. The predicted molar refractivity (Wildman–Crippen MR) is 219 cm³/mol. The van der Waals surface area contributed by atoms with Gasteiger partial charge in [0.2, 0.25) is 5.79 Å². The highest BCUT2D eigenvalue weighted by atomic mass is 35.5. The summed E-state index contributed by atoms with van der Waals surface area (Å²) in [6.45, 7) is 3.90. The second-order valence-electron chi connectivity index (χ2n) is 15.0. The SMILES string of the molecule is C=CCO[C@@]12Oc3ccc(O)cc3[C@H]3[C@H](CCCCO)[C@@H](CCCCO)C=C(C(=NOCc4ccc([N+](=O)[O-])cc4)C[C@@H]1N(Cc1ccc(F)cc1)C(=O)OCCCl)[C@H]32. The van der Waals surface area contributed by atoms with Gasteiger partial charge in [-0.3, -0.25) is 15.0 Å². The number of non-ortho nitro benzene ring substituents is 1. The Hall–Kier alpha value is -5.02. The summed E-state index contributed by atoms with van der Waals surface area (Å²) < 4.78 is 33.9. The highest BCUT2D eigenvalue weighted by Gasteiger charge is 2.65. The van der Waals surface area contributed by atoms with E-state index in [0.717, 1.165) is 24.0 Å². The van der Waals surface area contributed by atoms with E-state index in [0.29, 0.717) is 48.3 Å². The molecule has 3 aromatic carbocycles. The molecule has 316 valence electrons. The van der Waals surface area contributed by atoms with Gasteiger partial charge in [0.1, 0.15) is 36.6 Å². The van der Waals surface area contributed by atoms with E-state index in [9.17, 15) is 34.6 Å². The number of phenolic OH excluding ortho intramolecular Hbond substituents is 1. The number of allylic oxidation sites excluding steroid dienone is 1. The number of hydrogen-bond acceptors (Lipinski definition) is 11. The molecule has 59 heavy (non-hydrogen) atoms. The van der Waals surface area contributed by atoms with Crippen LogP contribution in [0.3, 0.4) is 0 Å². The molecule has 3 aliphatic rings. The molecule has 0 saturated heterocycles. The molecule has 3 aromatic rings. The second-order valence-corrected chi connectivity index (χ2v) is 15.4. The summed E-state index contributed by atoms with van der Waals surface area (Å²) >= 11 is 6.01. The smallest absolute Gasteiger partial charge is 0.410 e. The number of aromatic hydroxyl groups is 1. The number of carbonyl (C=O) groups is 1. The first-order valence-corrected chi connectivity index (χ1v) is 20.5. The van der Waals surface area contributed by atoms with Crippen molar-refractivity contribution < 1.29 is 48.5 Å². The first-order chi connectivity index (χ1) is 28.6. The first-order valence-electron chi connectivity index (χ1n) is 20.0. The topological polar surface area (TPSA) is 173 Å². The summed E-state index contributed by atoms with van der Waals surface area (Å²) in [5.41, 5.74) is 3.22. The van der Waals surface area contributed by atoms with Crippen LogP contribution in [0.4, 0.5) is 14.9 Å². The first kappa shape index (κ1) is 43.6. The van der Waals surface area contributed by atoms with E-state index >= 15 is 0 Å². The molecular formula is C44H51ClFN3O10. The second kappa shape index (κ2) is 20.3. The number of amides is 1. The quantitative estimate of drug-likeness (QED) is 0.0332. The fourth-order valence-electron chi connectivity index (χ4n) is 8.85. The van der Waals surface area contributed by atoms with Crippen LogP contribution in [0, 0.1) is 33.7 Å². The number of alkyl halides is 1. The number of nitrogens with zero attached hydrogens (tertiary/aromatic N) is 3. The average molecular weight is 836 g/mol. The maximum Gasteiger partial charge on any atom is 0.410 e. The number of rotatable bonds is 20. The molecule has 1 saturated carbocycles. The Morgan fingerprint density at radius 3 is 2.44 bits per heavy atom. The van der Waals surface area contributed by atoms with E-state index in [4.69, 9.17) is 35.8 Å². The fraction of sp³-hybridized carbons (Fsp3) is 0.455. The van der Waals surface area contributed by atoms with Crippen molar-refractivity contribution >= 4 is 29.1 Å². The van der Waals surface area contributed by atoms with Gasteiger partial charge in [-0.2, -0.15) is 0 Å². The van der Waals surface area contributed by atoms with Gasteiger partial charge in [-0.1, -0.05) is 42.3 Å². The molecule has 0 bridgehead atoms. The number of nitro benzene ring substituents is 1. The average Bonchev–Trinajstić information content (AvgIpc) is 3.23. The summed E-state index contributed by atoms with van der Waals surface area (Å²) in [4.78, 5) is 32.7. The Morgan fingerprint density at radius 1 is 1.05 bits per heavy atom. The lowest BCUT2D eigenvalue weighted by atomic mass is 9.55. The number of ether oxygens (including phenoxy) is 3. The lowest BCUT2D eigenvalue weighted by molar-refractivity contribution is -0.384. The zero-order valence-electron chi connectivity index (χ0n) is 32.8. The fourth-order valence-corrected chi connectivity index (χ4v) is 8.93. The Bertz CT molecular complexity index is 1980. The Morgan fingerprint density at radius 2 is 1.76 bits per heavy atom.